The van der Waals surface area contributed by atoms with E-state index in [0.29, 0.717) is 0 Å². The van der Waals surface area contributed by atoms with Gasteiger partial charge in [0.15, 0.2) is 0 Å². The first kappa shape index (κ1) is 10.0. The highest BCUT2D eigenvalue weighted by Crippen LogP contribution is 2.85. The standard InChI is InChI=1S/C12H24P2/c1-13(2)8-7-9-10-5-6-11(12(9)13)14(10,3)4/h9-12H,5-8H2,1-4H3/q+2. The van der Waals surface area contributed by atoms with E-state index in [2.05, 4.69) is 26.7 Å². The van der Waals surface area contributed by atoms with Crippen molar-refractivity contribution in [3.8, 4) is 0 Å². The average Bonchev–Trinajstić information content (AvgIpc) is 2.61. The zero-order valence-corrected chi connectivity index (χ0v) is 11.8. The van der Waals surface area contributed by atoms with Crippen LogP contribution in [0.25, 0.3) is 0 Å². The molecule has 3 heterocycles. The van der Waals surface area contributed by atoms with Crippen LogP contribution >= 0.6 is 14.5 Å². The topological polar surface area (TPSA) is 0 Å². The Bertz CT molecular complexity index is 269. The van der Waals surface area contributed by atoms with E-state index in [1.807, 2.05) is 0 Å². The lowest BCUT2D eigenvalue weighted by Crippen LogP contribution is -2.28. The Morgan fingerprint density at radius 3 is 2.14 bits per heavy atom. The van der Waals surface area contributed by atoms with E-state index in [0.717, 1.165) is 0 Å². The van der Waals surface area contributed by atoms with Gasteiger partial charge in [-0.05, 0) is 19.3 Å². The molecule has 3 aliphatic rings. The van der Waals surface area contributed by atoms with Crippen molar-refractivity contribution in [2.45, 2.75) is 36.2 Å². The molecule has 2 bridgehead atoms. The molecule has 4 unspecified atom stereocenters. The average molecular weight is 230 g/mol. The summed E-state index contributed by atoms with van der Waals surface area (Å²) in [4.78, 5) is 0. The fourth-order valence-corrected chi connectivity index (χ4v) is 15.5. The van der Waals surface area contributed by atoms with Crippen LogP contribution in [0.15, 0.2) is 0 Å². The Kier molecular flexibility index (Phi) is 1.97. The summed E-state index contributed by atoms with van der Waals surface area (Å²) in [5, 5.41) is 0. The third-order valence-electron chi connectivity index (χ3n) is 5.64. The molecule has 3 aliphatic heterocycles. The summed E-state index contributed by atoms with van der Waals surface area (Å²) in [7, 11) is -0.985. The zero-order valence-electron chi connectivity index (χ0n) is 10.0. The van der Waals surface area contributed by atoms with Crippen molar-refractivity contribution in [2.24, 2.45) is 5.92 Å². The van der Waals surface area contributed by atoms with Gasteiger partial charge in [0.25, 0.3) is 0 Å². The van der Waals surface area contributed by atoms with Crippen molar-refractivity contribution in [1.29, 1.82) is 0 Å². The predicted molar refractivity (Wildman–Crippen MR) is 71.1 cm³/mol. The van der Waals surface area contributed by atoms with Gasteiger partial charge in [0.2, 0.25) is 0 Å². The van der Waals surface area contributed by atoms with Crippen LogP contribution in [0, 0.1) is 5.92 Å². The van der Waals surface area contributed by atoms with Crippen LogP contribution in [0.1, 0.15) is 19.3 Å². The monoisotopic (exact) mass is 230 g/mol. The molecule has 0 N–H and O–H groups in total. The highest BCUT2D eigenvalue weighted by Gasteiger charge is 2.73. The van der Waals surface area contributed by atoms with Gasteiger partial charge in [-0.2, -0.15) is 0 Å². The molecule has 3 saturated heterocycles. The van der Waals surface area contributed by atoms with Gasteiger partial charge < -0.3 is 0 Å². The van der Waals surface area contributed by atoms with Crippen LogP contribution in [0.2, 0.25) is 0 Å². The number of hydrogen-bond acceptors (Lipinski definition) is 0. The summed E-state index contributed by atoms with van der Waals surface area (Å²) in [6.07, 6.45) is 6.44. The minimum atomic E-state index is -0.494. The molecule has 14 heavy (non-hydrogen) atoms. The molecular formula is C12H24P2+2. The second-order valence-corrected chi connectivity index (χ2v) is 16.0. The molecule has 3 rings (SSSR count). The minimum absolute atomic E-state index is 0.491. The van der Waals surface area contributed by atoms with Gasteiger partial charge in [0.05, 0.1) is 11.8 Å². The fraction of sp³-hybridized carbons (Fsp3) is 1.00. The first-order chi connectivity index (χ1) is 6.44. The second kappa shape index (κ2) is 2.75. The van der Waals surface area contributed by atoms with Gasteiger partial charge >= 0.3 is 0 Å². The number of fused-ring (bicyclic) bond motifs is 5. The van der Waals surface area contributed by atoms with E-state index in [9.17, 15) is 0 Å². The minimum Gasteiger partial charge on any atom is -0.0121 e. The molecule has 0 spiro atoms. The smallest absolute Gasteiger partial charge is 0.0121 e. The van der Waals surface area contributed by atoms with Crippen molar-refractivity contribution in [3.05, 3.63) is 0 Å². The summed E-state index contributed by atoms with van der Waals surface area (Å²) in [5.41, 5.74) is 3.65. The quantitative estimate of drug-likeness (QED) is 0.559. The van der Waals surface area contributed by atoms with Crippen LogP contribution in [0.5, 0.6) is 0 Å². The number of rotatable bonds is 0. The van der Waals surface area contributed by atoms with Crippen LogP contribution in [0.4, 0.5) is 0 Å². The highest BCUT2D eigenvalue weighted by molar-refractivity contribution is 7.81. The largest absolute Gasteiger partial charge is 0.112 e. The summed E-state index contributed by atoms with van der Waals surface area (Å²) < 4.78 is 0. The Labute approximate surface area is 89.9 Å². The normalized spacial score (nSPS) is 52.3. The van der Waals surface area contributed by atoms with Gasteiger partial charge in [0, 0.05) is 47.1 Å². The maximum absolute atomic E-state index is 2.67. The maximum atomic E-state index is 2.67. The molecule has 0 aromatic carbocycles. The van der Waals surface area contributed by atoms with Crippen molar-refractivity contribution in [2.75, 3.05) is 32.8 Å². The predicted octanol–water partition coefficient (Wildman–Crippen LogP) is 3.47. The van der Waals surface area contributed by atoms with E-state index >= 15 is 0 Å². The Morgan fingerprint density at radius 2 is 1.50 bits per heavy atom. The van der Waals surface area contributed by atoms with E-state index in [1.165, 1.54) is 22.9 Å². The van der Waals surface area contributed by atoms with Gasteiger partial charge in [0.1, 0.15) is 11.3 Å². The summed E-state index contributed by atoms with van der Waals surface area (Å²) >= 11 is 0. The van der Waals surface area contributed by atoms with E-state index in [-0.39, 0.29) is 0 Å². The van der Waals surface area contributed by atoms with E-state index in [1.54, 1.807) is 25.4 Å². The molecular weight excluding hydrogens is 206 g/mol. The maximum Gasteiger partial charge on any atom is 0.112 e. The van der Waals surface area contributed by atoms with Crippen molar-refractivity contribution in [3.63, 3.8) is 0 Å². The Morgan fingerprint density at radius 1 is 0.857 bits per heavy atom. The lowest BCUT2D eigenvalue weighted by Gasteiger charge is -2.26. The Hall–Kier alpha value is 0.860. The SMILES string of the molecule is C[P+]1(C)CCC2C1C1CCC2[P+]1(C)C. The van der Waals surface area contributed by atoms with E-state index < -0.39 is 14.5 Å². The molecule has 80 valence electrons. The van der Waals surface area contributed by atoms with Crippen LogP contribution in [-0.4, -0.2) is 49.8 Å². The molecule has 0 aromatic rings. The molecule has 0 saturated carbocycles. The van der Waals surface area contributed by atoms with E-state index in [4.69, 9.17) is 0 Å². The lowest BCUT2D eigenvalue weighted by molar-refractivity contribution is 0.431. The van der Waals surface area contributed by atoms with Crippen molar-refractivity contribution >= 4 is 14.5 Å². The van der Waals surface area contributed by atoms with Crippen molar-refractivity contribution in [1.82, 2.24) is 0 Å². The molecule has 0 amide bonds. The molecule has 0 radical (unpaired) electrons. The van der Waals surface area contributed by atoms with Gasteiger partial charge in [-0.15, -0.1) is 0 Å². The zero-order chi connectivity index (χ0) is 10.1. The second-order valence-electron chi connectivity index (χ2n) is 6.79. The summed E-state index contributed by atoms with van der Waals surface area (Å²) in [6.45, 7) is 10.7. The molecule has 0 aliphatic carbocycles. The molecule has 0 nitrogen and oxygen atoms in total. The lowest BCUT2D eigenvalue weighted by atomic mass is 9.87. The molecule has 4 atom stereocenters. The summed E-state index contributed by atoms with van der Waals surface area (Å²) in [5.74, 6) is 1.19. The third-order valence-corrected chi connectivity index (χ3v) is 14.3. The highest BCUT2D eigenvalue weighted by atomic mass is 31.2. The van der Waals surface area contributed by atoms with Crippen LogP contribution < -0.4 is 0 Å². The Balaban J connectivity index is 2.01. The molecule has 0 aromatic heterocycles. The first-order valence-electron chi connectivity index (χ1n) is 6.10. The first-order valence-corrected chi connectivity index (χ1v) is 11.9. The molecule has 2 heteroatoms. The fourth-order valence-electron chi connectivity index (χ4n) is 5.02. The third kappa shape index (κ3) is 1.03. The summed E-state index contributed by atoms with van der Waals surface area (Å²) in [6, 6.07) is 0. The van der Waals surface area contributed by atoms with Gasteiger partial charge in [-0.3, -0.25) is 0 Å². The van der Waals surface area contributed by atoms with Crippen LogP contribution in [0.3, 0.4) is 0 Å². The van der Waals surface area contributed by atoms with Crippen LogP contribution in [-0.2, 0) is 0 Å². The van der Waals surface area contributed by atoms with Crippen molar-refractivity contribution < 1.29 is 0 Å². The van der Waals surface area contributed by atoms with Gasteiger partial charge in [-0.25, -0.2) is 0 Å². The molecule has 3 fully saturated rings. The van der Waals surface area contributed by atoms with Gasteiger partial charge in [-0.1, -0.05) is 0 Å². The number of hydrogen-bond donors (Lipinski definition) is 0.